The first-order valence-corrected chi connectivity index (χ1v) is 8.52. The highest BCUT2D eigenvalue weighted by Crippen LogP contribution is 2.29. The Balaban J connectivity index is 3.09. The molecule has 0 radical (unpaired) electrons. The van der Waals surface area contributed by atoms with Gasteiger partial charge >= 0.3 is 0 Å². The lowest BCUT2D eigenvalue weighted by molar-refractivity contribution is 0.361. The second-order valence-electron chi connectivity index (χ2n) is 5.94. The molecule has 2 unspecified atom stereocenters. The van der Waals surface area contributed by atoms with Crippen molar-refractivity contribution in [2.24, 2.45) is 5.92 Å². The molecule has 0 aliphatic heterocycles. The zero-order chi connectivity index (χ0) is 15.0. The molecule has 0 saturated heterocycles. The molecular weight excluding hydrogens is 242 g/mol. The van der Waals surface area contributed by atoms with Gasteiger partial charge < -0.3 is 5.32 Å². The molecule has 0 aromatic heterocycles. The standard InChI is InChI=1S/C19H33N/c1-6-10-15(5)19(20-13-7-2)18-14-16(8-3)11-12-17(18)9-4/h11-12,14-15,19-20H,6-10,13H2,1-5H3. The highest BCUT2D eigenvalue weighted by molar-refractivity contribution is 5.35. The molecule has 0 amide bonds. The summed E-state index contributed by atoms with van der Waals surface area (Å²) in [6.45, 7) is 12.6. The molecule has 1 heteroatoms. The quantitative estimate of drug-likeness (QED) is 0.646. The summed E-state index contributed by atoms with van der Waals surface area (Å²) in [5.74, 6) is 0.698. The minimum Gasteiger partial charge on any atom is -0.310 e. The van der Waals surface area contributed by atoms with Gasteiger partial charge in [-0.25, -0.2) is 0 Å². The van der Waals surface area contributed by atoms with Crippen LogP contribution in [0, 0.1) is 5.92 Å². The van der Waals surface area contributed by atoms with Crippen LogP contribution < -0.4 is 5.32 Å². The largest absolute Gasteiger partial charge is 0.310 e. The maximum atomic E-state index is 3.80. The van der Waals surface area contributed by atoms with E-state index in [-0.39, 0.29) is 0 Å². The van der Waals surface area contributed by atoms with Crippen LogP contribution in [0.3, 0.4) is 0 Å². The highest BCUT2D eigenvalue weighted by Gasteiger charge is 2.20. The predicted octanol–water partition coefficient (Wildman–Crippen LogP) is 5.29. The van der Waals surface area contributed by atoms with Crippen LogP contribution in [0.4, 0.5) is 0 Å². The number of hydrogen-bond acceptors (Lipinski definition) is 1. The fourth-order valence-corrected chi connectivity index (χ4v) is 3.02. The molecule has 0 heterocycles. The molecule has 0 aliphatic rings. The van der Waals surface area contributed by atoms with E-state index in [2.05, 4.69) is 58.1 Å². The zero-order valence-corrected chi connectivity index (χ0v) is 14.1. The fourth-order valence-electron chi connectivity index (χ4n) is 3.02. The zero-order valence-electron chi connectivity index (χ0n) is 14.1. The number of benzene rings is 1. The summed E-state index contributed by atoms with van der Waals surface area (Å²) in [4.78, 5) is 0. The summed E-state index contributed by atoms with van der Waals surface area (Å²) in [6.07, 6.45) is 6.01. The molecule has 1 aromatic carbocycles. The molecule has 1 rings (SSSR count). The van der Waals surface area contributed by atoms with Gasteiger partial charge in [0, 0.05) is 6.04 Å². The molecule has 0 fully saturated rings. The van der Waals surface area contributed by atoms with Crippen LogP contribution in [0.1, 0.15) is 76.6 Å². The van der Waals surface area contributed by atoms with E-state index in [9.17, 15) is 0 Å². The van der Waals surface area contributed by atoms with E-state index in [4.69, 9.17) is 0 Å². The SMILES string of the molecule is CCCNC(c1cc(CC)ccc1CC)C(C)CCC. The maximum Gasteiger partial charge on any atom is 0.0348 e. The third-order valence-electron chi connectivity index (χ3n) is 4.26. The van der Waals surface area contributed by atoms with Crippen LogP contribution in [0.15, 0.2) is 18.2 Å². The molecular formula is C19H33N. The van der Waals surface area contributed by atoms with Gasteiger partial charge in [0.25, 0.3) is 0 Å². The van der Waals surface area contributed by atoms with Gasteiger partial charge in [0.2, 0.25) is 0 Å². The van der Waals surface area contributed by atoms with Crippen molar-refractivity contribution in [3.05, 3.63) is 34.9 Å². The summed E-state index contributed by atoms with van der Waals surface area (Å²) in [6, 6.07) is 7.59. The van der Waals surface area contributed by atoms with Gasteiger partial charge in [-0.1, -0.05) is 59.2 Å². The van der Waals surface area contributed by atoms with E-state index in [0.29, 0.717) is 12.0 Å². The maximum absolute atomic E-state index is 3.80. The first kappa shape index (κ1) is 17.2. The van der Waals surface area contributed by atoms with Gasteiger partial charge in [0.15, 0.2) is 0 Å². The van der Waals surface area contributed by atoms with Crippen molar-refractivity contribution < 1.29 is 0 Å². The number of nitrogens with one attached hydrogen (secondary N) is 1. The van der Waals surface area contributed by atoms with Crippen molar-refractivity contribution in [3.63, 3.8) is 0 Å². The highest BCUT2D eigenvalue weighted by atomic mass is 14.9. The molecule has 0 saturated carbocycles. The average Bonchev–Trinajstić information content (AvgIpc) is 2.47. The molecule has 0 bridgehead atoms. The normalized spacial score (nSPS) is 14.2. The first-order valence-electron chi connectivity index (χ1n) is 8.52. The van der Waals surface area contributed by atoms with Crippen LogP contribution in [0.25, 0.3) is 0 Å². The van der Waals surface area contributed by atoms with Gasteiger partial charge in [-0.2, -0.15) is 0 Å². The Morgan fingerprint density at radius 3 is 2.30 bits per heavy atom. The second-order valence-corrected chi connectivity index (χ2v) is 5.94. The molecule has 114 valence electrons. The van der Waals surface area contributed by atoms with Crippen LogP contribution in [0.2, 0.25) is 0 Å². The van der Waals surface area contributed by atoms with Crippen molar-refractivity contribution >= 4 is 0 Å². The van der Waals surface area contributed by atoms with Gasteiger partial charge in [-0.15, -0.1) is 0 Å². The van der Waals surface area contributed by atoms with E-state index in [1.807, 2.05) is 0 Å². The van der Waals surface area contributed by atoms with Crippen molar-refractivity contribution in [1.29, 1.82) is 0 Å². The average molecular weight is 275 g/mol. The number of hydrogen-bond donors (Lipinski definition) is 1. The van der Waals surface area contributed by atoms with E-state index in [0.717, 1.165) is 19.4 Å². The van der Waals surface area contributed by atoms with E-state index >= 15 is 0 Å². The van der Waals surface area contributed by atoms with E-state index in [1.165, 1.54) is 30.4 Å². The molecule has 20 heavy (non-hydrogen) atoms. The molecule has 1 nitrogen and oxygen atoms in total. The summed E-state index contributed by atoms with van der Waals surface area (Å²) >= 11 is 0. The first-order chi connectivity index (χ1) is 9.67. The summed E-state index contributed by atoms with van der Waals surface area (Å²) < 4.78 is 0. The van der Waals surface area contributed by atoms with Crippen LogP contribution >= 0.6 is 0 Å². The third-order valence-corrected chi connectivity index (χ3v) is 4.26. The lowest BCUT2D eigenvalue weighted by Gasteiger charge is -2.28. The van der Waals surface area contributed by atoms with Crippen molar-refractivity contribution in [2.45, 2.75) is 72.8 Å². The van der Waals surface area contributed by atoms with Crippen molar-refractivity contribution in [1.82, 2.24) is 5.32 Å². The number of aryl methyl sites for hydroxylation is 2. The van der Waals surface area contributed by atoms with Gasteiger partial charge in [-0.3, -0.25) is 0 Å². The topological polar surface area (TPSA) is 12.0 Å². The Hall–Kier alpha value is -0.820. The molecule has 1 aromatic rings. The van der Waals surface area contributed by atoms with Crippen molar-refractivity contribution in [3.8, 4) is 0 Å². The molecule has 2 atom stereocenters. The predicted molar refractivity (Wildman–Crippen MR) is 90.3 cm³/mol. The minimum absolute atomic E-state index is 0.511. The Morgan fingerprint density at radius 2 is 1.75 bits per heavy atom. The van der Waals surface area contributed by atoms with Crippen LogP contribution in [-0.2, 0) is 12.8 Å². The third kappa shape index (κ3) is 4.63. The summed E-state index contributed by atoms with van der Waals surface area (Å²) in [5, 5.41) is 3.80. The Bertz CT molecular complexity index is 383. The second kappa shape index (κ2) is 9.18. The van der Waals surface area contributed by atoms with E-state index < -0.39 is 0 Å². The van der Waals surface area contributed by atoms with Gasteiger partial charge in [-0.05, 0) is 54.8 Å². The monoisotopic (exact) mass is 275 g/mol. The lowest BCUT2D eigenvalue weighted by Crippen LogP contribution is -2.28. The minimum atomic E-state index is 0.511. The Morgan fingerprint density at radius 1 is 1.00 bits per heavy atom. The summed E-state index contributed by atoms with van der Waals surface area (Å²) in [7, 11) is 0. The summed E-state index contributed by atoms with van der Waals surface area (Å²) in [5.41, 5.74) is 4.52. The van der Waals surface area contributed by atoms with Crippen LogP contribution in [0.5, 0.6) is 0 Å². The molecule has 0 spiro atoms. The Labute approximate surface area is 126 Å². The van der Waals surface area contributed by atoms with Crippen molar-refractivity contribution in [2.75, 3.05) is 6.54 Å². The molecule has 0 aliphatic carbocycles. The Kier molecular flexibility index (Phi) is 7.91. The lowest BCUT2D eigenvalue weighted by atomic mass is 9.86. The van der Waals surface area contributed by atoms with Gasteiger partial charge in [0.05, 0.1) is 0 Å². The van der Waals surface area contributed by atoms with Gasteiger partial charge in [0.1, 0.15) is 0 Å². The van der Waals surface area contributed by atoms with Crippen LogP contribution in [-0.4, -0.2) is 6.54 Å². The smallest absolute Gasteiger partial charge is 0.0348 e. The fraction of sp³-hybridized carbons (Fsp3) is 0.684. The number of rotatable bonds is 9. The van der Waals surface area contributed by atoms with E-state index in [1.54, 1.807) is 5.56 Å². The molecule has 1 N–H and O–H groups in total.